The van der Waals surface area contributed by atoms with Gasteiger partial charge in [-0.1, -0.05) is 0 Å². The first-order valence-corrected chi connectivity index (χ1v) is 7.34. The van der Waals surface area contributed by atoms with Gasteiger partial charge in [0, 0.05) is 11.6 Å². The summed E-state index contributed by atoms with van der Waals surface area (Å²) in [5, 5.41) is 15.9. The molecule has 3 rings (SSSR count). The molecule has 23 heavy (non-hydrogen) atoms. The van der Waals surface area contributed by atoms with Crippen molar-refractivity contribution in [3.8, 4) is 11.3 Å². The van der Waals surface area contributed by atoms with Crippen LogP contribution in [0.3, 0.4) is 0 Å². The van der Waals surface area contributed by atoms with E-state index >= 15 is 0 Å². The molecular weight excluding hydrogens is 301 g/mol. The normalized spacial score (nSPS) is 15.2. The highest BCUT2D eigenvalue weighted by Crippen LogP contribution is 2.30. The van der Waals surface area contributed by atoms with E-state index in [1.165, 1.54) is 24.0 Å². The number of carbonyl (C=O) groups is 2. The zero-order chi connectivity index (χ0) is 16.6. The molecule has 0 saturated heterocycles. The summed E-state index contributed by atoms with van der Waals surface area (Å²) in [6, 6.07) is 6.39. The van der Waals surface area contributed by atoms with Crippen LogP contribution in [-0.4, -0.2) is 44.2 Å². The SMILES string of the molecule is CC(C(=O)O)N(C(=O)c1cc(-c2ccc(F)cc2)n[nH]1)C1CC1. The van der Waals surface area contributed by atoms with Gasteiger partial charge in [-0.25, -0.2) is 9.18 Å². The molecule has 120 valence electrons. The predicted molar refractivity (Wildman–Crippen MR) is 80.3 cm³/mol. The molecule has 0 radical (unpaired) electrons. The van der Waals surface area contributed by atoms with E-state index in [0.717, 1.165) is 12.8 Å². The van der Waals surface area contributed by atoms with Crippen molar-refractivity contribution in [2.45, 2.75) is 31.8 Å². The van der Waals surface area contributed by atoms with Gasteiger partial charge in [-0.05, 0) is 50.1 Å². The molecule has 6 nitrogen and oxygen atoms in total. The van der Waals surface area contributed by atoms with E-state index in [2.05, 4.69) is 10.2 Å². The number of aromatic amines is 1. The first-order chi connectivity index (χ1) is 11.0. The maximum atomic E-state index is 13.0. The van der Waals surface area contributed by atoms with Crippen molar-refractivity contribution in [1.82, 2.24) is 15.1 Å². The zero-order valence-corrected chi connectivity index (χ0v) is 12.5. The van der Waals surface area contributed by atoms with Crippen LogP contribution in [0.2, 0.25) is 0 Å². The number of aromatic nitrogens is 2. The van der Waals surface area contributed by atoms with E-state index in [1.54, 1.807) is 18.2 Å². The van der Waals surface area contributed by atoms with Gasteiger partial charge in [-0.3, -0.25) is 9.89 Å². The van der Waals surface area contributed by atoms with Gasteiger partial charge < -0.3 is 10.0 Å². The number of hydrogen-bond donors (Lipinski definition) is 2. The minimum Gasteiger partial charge on any atom is -0.480 e. The van der Waals surface area contributed by atoms with Crippen molar-refractivity contribution in [2.75, 3.05) is 0 Å². The van der Waals surface area contributed by atoms with Crippen LogP contribution < -0.4 is 0 Å². The number of H-pyrrole nitrogens is 1. The number of nitrogens with zero attached hydrogens (tertiary/aromatic N) is 2. The van der Waals surface area contributed by atoms with Crippen LogP contribution in [0.15, 0.2) is 30.3 Å². The summed E-state index contributed by atoms with van der Waals surface area (Å²) >= 11 is 0. The van der Waals surface area contributed by atoms with Gasteiger partial charge in [0.05, 0.1) is 5.69 Å². The second kappa shape index (κ2) is 5.83. The summed E-state index contributed by atoms with van der Waals surface area (Å²) in [7, 11) is 0. The van der Waals surface area contributed by atoms with Gasteiger partial charge in [-0.2, -0.15) is 5.10 Å². The Morgan fingerprint density at radius 1 is 1.35 bits per heavy atom. The van der Waals surface area contributed by atoms with Crippen molar-refractivity contribution < 1.29 is 19.1 Å². The van der Waals surface area contributed by atoms with Crippen LogP contribution >= 0.6 is 0 Å². The standard InChI is InChI=1S/C16H16FN3O3/c1-9(16(22)23)20(12-6-7-12)15(21)14-8-13(18-19-14)10-2-4-11(17)5-3-10/h2-5,8-9,12H,6-7H2,1H3,(H,18,19)(H,22,23). The van der Waals surface area contributed by atoms with Crippen LogP contribution in [0.4, 0.5) is 4.39 Å². The monoisotopic (exact) mass is 317 g/mol. The second-order valence-corrected chi connectivity index (χ2v) is 5.63. The minimum absolute atomic E-state index is 0.0360. The Labute approximate surface area is 131 Å². The van der Waals surface area contributed by atoms with Gasteiger partial charge in [0.1, 0.15) is 17.6 Å². The molecule has 2 N–H and O–H groups in total. The molecular formula is C16H16FN3O3. The Morgan fingerprint density at radius 2 is 2.00 bits per heavy atom. The van der Waals surface area contributed by atoms with Crippen molar-refractivity contribution in [1.29, 1.82) is 0 Å². The number of amides is 1. The van der Waals surface area contributed by atoms with Crippen molar-refractivity contribution in [3.05, 3.63) is 41.8 Å². The molecule has 1 aliphatic rings. The summed E-state index contributed by atoms with van der Waals surface area (Å²) < 4.78 is 13.0. The van der Waals surface area contributed by atoms with Crippen molar-refractivity contribution in [2.24, 2.45) is 0 Å². The fraction of sp³-hybridized carbons (Fsp3) is 0.312. The van der Waals surface area contributed by atoms with E-state index in [9.17, 15) is 19.1 Å². The molecule has 1 atom stereocenters. The maximum absolute atomic E-state index is 13.0. The van der Waals surface area contributed by atoms with Crippen molar-refractivity contribution in [3.63, 3.8) is 0 Å². The first kappa shape index (κ1) is 15.2. The highest BCUT2D eigenvalue weighted by molar-refractivity contribution is 5.96. The Hall–Kier alpha value is -2.70. The molecule has 1 heterocycles. The highest BCUT2D eigenvalue weighted by Gasteiger charge is 2.39. The number of carboxylic acids is 1. The summed E-state index contributed by atoms with van der Waals surface area (Å²) in [5.41, 5.74) is 1.40. The van der Waals surface area contributed by atoms with Gasteiger partial charge in [0.15, 0.2) is 0 Å². The fourth-order valence-electron chi connectivity index (χ4n) is 2.47. The quantitative estimate of drug-likeness (QED) is 0.886. The number of halogens is 1. The lowest BCUT2D eigenvalue weighted by Gasteiger charge is -2.25. The predicted octanol–water partition coefficient (Wildman–Crippen LogP) is 2.29. The molecule has 7 heteroatoms. The Kier molecular flexibility index (Phi) is 3.85. The highest BCUT2D eigenvalue weighted by atomic mass is 19.1. The summed E-state index contributed by atoms with van der Waals surface area (Å²) in [6.45, 7) is 1.50. The van der Waals surface area contributed by atoms with Gasteiger partial charge in [0.2, 0.25) is 0 Å². The molecule has 0 aliphatic heterocycles. The number of aliphatic carboxylic acids is 1. The Bertz CT molecular complexity index is 737. The summed E-state index contributed by atoms with van der Waals surface area (Å²) in [5.74, 6) is -1.78. The molecule has 1 fully saturated rings. The van der Waals surface area contributed by atoms with Gasteiger partial charge in [-0.15, -0.1) is 0 Å². The van der Waals surface area contributed by atoms with Crippen LogP contribution in [0.25, 0.3) is 11.3 Å². The maximum Gasteiger partial charge on any atom is 0.326 e. The van der Waals surface area contributed by atoms with Crippen LogP contribution in [0, 0.1) is 5.82 Å². The van der Waals surface area contributed by atoms with Crippen LogP contribution in [0.1, 0.15) is 30.3 Å². The molecule has 1 aliphatic carbocycles. The molecule has 1 unspecified atom stereocenters. The topological polar surface area (TPSA) is 86.3 Å². The van der Waals surface area contributed by atoms with Crippen LogP contribution in [0.5, 0.6) is 0 Å². The number of benzene rings is 1. The third-order valence-corrected chi connectivity index (χ3v) is 3.90. The number of carbonyl (C=O) groups excluding carboxylic acids is 1. The Balaban J connectivity index is 1.85. The average molecular weight is 317 g/mol. The van der Waals surface area contributed by atoms with Crippen molar-refractivity contribution >= 4 is 11.9 Å². The molecule has 0 spiro atoms. The third-order valence-electron chi connectivity index (χ3n) is 3.90. The lowest BCUT2D eigenvalue weighted by molar-refractivity contribution is -0.141. The summed E-state index contributed by atoms with van der Waals surface area (Å²) in [6.07, 6.45) is 1.62. The molecule has 2 aromatic rings. The smallest absolute Gasteiger partial charge is 0.326 e. The molecule has 0 bridgehead atoms. The fourth-order valence-corrected chi connectivity index (χ4v) is 2.47. The third kappa shape index (κ3) is 3.08. The number of carboxylic acid groups (broad SMARTS) is 1. The molecule has 1 amide bonds. The Morgan fingerprint density at radius 3 is 2.57 bits per heavy atom. The minimum atomic E-state index is -1.04. The lowest BCUT2D eigenvalue weighted by Crippen LogP contribution is -2.44. The molecule has 1 saturated carbocycles. The van der Waals surface area contributed by atoms with E-state index < -0.39 is 12.0 Å². The largest absolute Gasteiger partial charge is 0.480 e. The lowest BCUT2D eigenvalue weighted by atomic mass is 10.1. The summed E-state index contributed by atoms with van der Waals surface area (Å²) in [4.78, 5) is 25.2. The zero-order valence-electron chi connectivity index (χ0n) is 12.5. The number of hydrogen-bond acceptors (Lipinski definition) is 3. The van der Waals surface area contributed by atoms with E-state index in [0.29, 0.717) is 11.3 Å². The van der Waals surface area contributed by atoms with Gasteiger partial charge in [0.25, 0.3) is 5.91 Å². The van der Waals surface area contributed by atoms with E-state index in [1.807, 2.05) is 0 Å². The molecule has 1 aromatic carbocycles. The molecule has 1 aromatic heterocycles. The number of rotatable bonds is 5. The van der Waals surface area contributed by atoms with E-state index in [-0.39, 0.29) is 23.5 Å². The van der Waals surface area contributed by atoms with Gasteiger partial charge >= 0.3 is 5.97 Å². The first-order valence-electron chi connectivity index (χ1n) is 7.34. The average Bonchev–Trinajstić information content (AvgIpc) is 3.23. The van der Waals surface area contributed by atoms with Crippen LogP contribution in [-0.2, 0) is 4.79 Å². The number of nitrogens with one attached hydrogen (secondary N) is 1. The second-order valence-electron chi connectivity index (χ2n) is 5.63. The van der Waals surface area contributed by atoms with E-state index in [4.69, 9.17) is 0 Å².